The number of rotatable bonds is 8. The molecule has 0 fully saturated rings. The lowest BCUT2D eigenvalue weighted by Gasteiger charge is -2.18. The molecule has 0 spiro atoms. The Kier molecular flexibility index (Phi) is 7.44. The standard InChI is InChI=1S/C19H19Cl2NO4S/c1-27(25,26)22(9-2-3-15-11-17(20)13-18(21)12-15)10-8-14-4-6-16(7-5-14)19(23)24/h2-7,11-13H,8-10H2,1H3,(H,23,24). The van der Waals surface area contributed by atoms with E-state index in [4.69, 9.17) is 28.3 Å². The van der Waals surface area contributed by atoms with Gasteiger partial charge in [-0.05, 0) is 47.9 Å². The lowest BCUT2D eigenvalue weighted by atomic mass is 10.1. The van der Waals surface area contributed by atoms with Crippen LogP contribution in [-0.2, 0) is 16.4 Å². The second kappa shape index (κ2) is 9.37. The average molecular weight is 428 g/mol. The molecule has 0 saturated carbocycles. The molecule has 0 atom stereocenters. The Morgan fingerprint density at radius 1 is 1.11 bits per heavy atom. The van der Waals surface area contributed by atoms with Gasteiger partial charge in [0.1, 0.15) is 0 Å². The molecule has 0 aromatic heterocycles. The van der Waals surface area contributed by atoms with Gasteiger partial charge in [-0.2, -0.15) is 4.31 Å². The van der Waals surface area contributed by atoms with Crippen molar-refractivity contribution in [1.29, 1.82) is 0 Å². The third-order valence-corrected chi connectivity index (χ3v) is 5.53. The van der Waals surface area contributed by atoms with Gasteiger partial charge < -0.3 is 5.11 Å². The lowest BCUT2D eigenvalue weighted by Crippen LogP contribution is -2.32. The van der Waals surface area contributed by atoms with Crippen molar-refractivity contribution in [3.8, 4) is 0 Å². The minimum atomic E-state index is -3.39. The van der Waals surface area contributed by atoms with Gasteiger partial charge in [-0.15, -0.1) is 0 Å². The highest BCUT2D eigenvalue weighted by Crippen LogP contribution is 2.20. The molecule has 2 rings (SSSR count). The first-order valence-electron chi connectivity index (χ1n) is 8.05. The molecule has 1 N–H and O–H groups in total. The van der Waals surface area contributed by atoms with E-state index in [0.717, 1.165) is 17.4 Å². The van der Waals surface area contributed by atoms with Gasteiger partial charge in [-0.3, -0.25) is 0 Å². The number of aromatic carboxylic acids is 1. The zero-order valence-corrected chi connectivity index (χ0v) is 16.9. The Labute approximate surface area is 168 Å². The molecule has 8 heteroatoms. The van der Waals surface area contributed by atoms with E-state index in [9.17, 15) is 13.2 Å². The van der Waals surface area contributed by atoms with Crippen LogP contribution in [0.1, 0.15) is 21.5 Å². The first-order valence-corrected chi connectivity index (χ1v) is 10.7. The molecule has 0 heterocycles. The van der Waals surface area contributed by atoms with Crippen LogP contribution in [0.15, 0.2) is 48.5 Å². The first-order chi connectivity index (χ1) is 12.6. The molecule has 0 radical (unpaired) electrons. The van der Waals surface area contributed by atoms with Crippen molar-refractivity contribution in [2.24, 2.45) is 0 Å². The van der Waals surface area contributed by atoms with Crippen LogP contribution in [0, 0.1) is 0 Å². The number of carboxylic acid groups (broad SMARTS) is 1. The Morgan fingerprint density at radius 2 is 1.70 bits per heavy atom. The van der Waals surface area contributed by atoms with Gasteiger partial charge in [0.2, 0.25) is 10.0 Å². The summed E-state index contributed by atoms with van der Waals surface area (Å²) in [5.41, 5.74) is 1.84. The molecule has 0 aliphatic carbocycles. The largest absolute Gasteiger partial charge is 0.478 e. The number of halogens is 2. The van der Waals surface area contributed by atoms with Crippen LogP contribution in [0.25, 0.3) is 6.08 Å². The molecule has 0 unspecified atom stereocenters. The fourth-order valence-corrected chi connectivity index (χ4v) is 3.76. The molecule has 0 aliphatic rings. The molecule has 27 heavy (non-hydrogen) atoms. The Balaban J connectivity index is 2.03. The SMILES string of the molecule is CS(=O)(=O)N(CC=Cc1cc(Cl)cc(Cl)c1)CCc1ccc(C(=O)O)cc1. The Bertz CT molecular complexity index is 920. The number of hydrogen-bond acceptors (Lipinski definition) is 3. The minimum absolute atomic E-state index is 0.196. The lowest BCUT2D eigenvalue weighted by molar-refractivity contribution is 0.0697. The number of benzene rings is 2. The maximum atomic E-state index is 12.0. The van der Waals surface area contributed by atoms with E-state index >= 15 is 0 Å². The van der Waals surface area contributed by atoms with E-state index < -0.39 is 16.0 Å². The summed E-state index contributed by atoms with van der Waals surface area (Å²) in [7, 11) is -3.39. The summed E-state index contributed by atoms with van der Waals surface area (Å²) in [4.78, 5) is 10.9. The molecule has 0 bridgehead atoms. The highest BCUT2D eigenvalue weighted by Gasteiger charge is 2.15. The molecule has 0 amide bonds. The molecular formula is C19H19Cl2NO4S. The van der Waals surface area contributed by atoms with Crippen LogP contribution in [-0.4, -0.2) is 43.1 Å². The topological polar surface area (TPSA) is 74.7 Å². The maximum absolute atomic E-state index is 12.0. The molecule has 2 aromatic rings. The zero-order valence-electron chi connectivity index (χ0n) is 14.6. The number of carboxylic acids is 1. The molecule has 0 aliphatic heterocycles. The van der Waals surface area contributed by atoms with Crippen molar-refractivity contribution in [1.82, 2.24) is 4.31 Å². The number of sulfonamides is 1. The van der Waals surface area contributed by atoms with Crippen molar-refractivity contribution in [3.05, 3.63) is 75.3 Å². The third-order valence-electron chi connectivity index (χ3n) is 3.82. The van der Waals surface area contributed by atoms with Crippen LogP contribution in [0.2, 0.25) is 10.0 Å². The van der Waals surface area contributed by atoms with Crippen molar-refractivity contribution in [2.45, 2.75) is 6.42 Å². The zero-order chi connectivity index (χ0) is 20.0. The fourth-order valence-electron chi connectivity index (χ4n) is 2.44. The summed E-state index contributed by atoms with van der Waals surface area (Å²) in [6.07, 6.45) is 5.13. The van der Waals surface area contributed by atoms with E-state index in [2.05, 4.69) is 0 Å². The van der Waals surface area contributed by atoms with Crippen molar-refractivity contribution in [2.75, 3.05) is 19.3 Å². The third kappa shape index (κ3) is 6.99. The van der Waals surface area contributed by atoms with Crippen LogP contribution in [0.5, 0.6) is 0 Å². The normalized spacial score (nSPS) is 12.0. The summed E-state index contributed by atoms with van der Waals surface area (Å²) in [5.74, 6) is -0.995. The van der Waals surface area contributed by atoms with Crippen LogP contribution < -0.4 is 0 Å². The van der Waals surface area contributed by atoms with Gasteiger partial charge in [0.25, 0.3) is 0 Å². The Hall–Kier alpha value is -1.86. The molecule has 5 nitrogen and oxygen atoms in total. The monoisotopic (exact) mass is 427 g/mol. The predicted octanol–water partition coefficient (Wildman–Crippen LogP) is 4.21. The second-order valence-corrected chi connectivity index (χ2v) is 8.83. The summed E-state index contributed by atoms with van der Waals surface area (Å²) in [5, 5.41) is 9.93. The quantitative estimate of drug-likeness (QED) is 0.684. The van der Waals surface area contributed by atoms with Gasteiger partial charge in [-0.1, -0.05) is 47.5 Å². The number of carbonyl (C=O) groups is 1. The highest BCUT2D eigenvalue weighted by atomic mass is 35.5. The predicted molar refractivity (Wildman–Crippen MR) is 109 cm³/mol. The highest BCUT2D eigenvalue weighted by molar-refractivity contribution is 7.88. The van der Waals surface area contributed by atoms with Crippen LogP contribution in [0.3, 0.4) is 0 Å². The molecular weight excluding hydrogens is 409 g/mol. The average Bonchev–Trinajstić information content (AvgIpc) is 2.56. The molecule has 2 aromatic carbocycles. The first kappa shape index (κ1) is 21.4. The van der Waals surface area contributed by atoms with Gasteiger partial charge >= 0.3 is 5.97 Å². The van der Waals surface area contributed by atoms with Crippen molar-refractivity contribution >= 4 is 45.3 Å². The van der Waals surface area contributed by atoms with Gasteiger partial charge in [0.05, 0.1) is 11.8 Å². The van der Waals surface area contributed by atoms with E-state index in [1.807, 2.05) is 0 Å². The maximum Gasteiger partial charge on any atom is 0.335 e. The second-order valence-electron chi connectivity index (χ2n) is 5.98. The van der Waals surface area contributed by atoms with E-state index in [1.165, 1.54) is 16.4 Å². The smallest absolute Gasteiger partial charge is 0.335 e. The van der Waals surface area contributed by atoms with Crippen LogP contribution >= 0.6 is 23.2 Å². The van der Waals surface area contributed by atoms with Crippen LogP contribution in [0.4, 0.5) is 0 Å². The summed E-state index contributed by atoms with van der Waals surface area (Å²) >= 11 is 11.9. The number of hydrogen-bond donors (Lipinski definition) is 1. The number of nitrogens with zero attached hydrogens (tertiary/aromatic N) is 1. The van der Waals surface area contributed by atoms with Crippen molar-refractivity contribution < 1.29 is 18.3 Å². The minimum Gasteiger partial charge on any atom is -0.478 e. The fraction of sp³-hybridized carbons (Fsp3) is 0.211. The summed E-state index contributed by atoms with van der Waals surface area (Å²) in [6, 6.07) is 11.5. The van der Waals surface area contributed by atoms with Gasteiger partial charge in [0, 0.05) is 23.1 Å². The van der Waals surface area contributed by atoms with E-state index in [1.54, 1.807) is 42.5 Å². The Morgan fingerprint density at radius 3 is 2.22 bits per heavy atom. The van der Waals surface area contributed by atoms with Gasteiger partial charge in [0.15, 0.2) is 0 Å². The summed E-state index contributed by atoms with van der Waals surface area (Å²) < 4.78 is 25.4. The van der Waals surface area contributed by atoms with Crippen molar-refractivity contribution in [3.63, 3.8) is 0 Å². The van der Waals surface area contributed by atoms with E-state index in [-0.39, 0.29) is 18.7 Å². The molecule has 0 saturated heterocycles. The summed E-state index contributed by atoms with van der Waals surface area (Å²) in [6.45, 7) is 0.488. The van der Waals surface area contributed by atoms with Gasteiger partial charge in [-0.25, -0.2) is 13.2 Å². The van der Waals surface area contributed by atoms with E-state index in [0.29, 0.717) is 16.5 Å². The molecule has 144 valence electrons.